The van der Waals surface area contributed by atoms with Crippen LogP contribution in [0.5, 0.6) is 23.0 Å². The molecule has 0 radical (unpaired) electrons. The summed E-state index contributed by atoms with van der Waals surface area (Å²) < 4.78 is 16.5. The first-order chi connectivity index (χ1) is 17.4. The second kappa shape index (κ2) is 13.7. The summed E-state index contributed by atoms with van der Waals surface area (Å²) >= 11 is 0. The molecule has 3 rings (SSSR count). The van der Waals surface area contributed by atoms with Crippen molar-refractivity contribution >= 4 is 18.0 Å². The van der Waals surface area contributed by atoms with E-state index >= 15 is 0 Å². The lowest BCUT2D eigenvalue weighted by atomic mass is 10.2. The van der Waals surface area contributed by atoms with E-state index in [4.69, 9.17) is 19.3 Å². The molecule has 0 saturated carbocycles. The number of aromatic hydroxyl groups is 1. The molecule has 0 aromatic heterocycles. The van der Waals surface area contributed by atoms with Crippen LogP contribution in [0.3, 0.4) is 0 Å². The van der Waals surface area contributed by atoms with E-state index in [-0.39, 0.29) is 12.4 Å². The average Bonchev–Trinajstić information content (AvgIpc) is 2.87. The van der Waals surface area contributed by atoms with Crippen LogP contribution < -0.4 is 14.2 Å². The van der Waals surface area contributed by atoms with Gasteiger partial charge in [-0.15, -0.1) is 0 Å². The van der Waals surface area contributed by atoms with Gasteiger partial charge < -0.3 is 24.4 Å². The fourth-order valence-electron chi connectivity index (χ4n) is 3.30. The van der Waals surface area contributed by atoms with Gasteiger partial charge in [-0.2, -0.15) is 0 Å². The maximum atomic E-state index is 12.3. The van der Waals surface area contributed by atoms with Crippen molar-refractivity contribution in [1.29, 1.82) is 0 Å². The first-order valence-corrected chi connectivity index (χ1v) is 11.8. The first-order valence-electron chi connectivity index (χ1n) is 11.8. The standard InChI is InChI=1S/C29H30O7/c1-21-20-26(35-29(33)23-9-11-24(31)12-10-23)15-16-27(21)36-28(32)17-8-22-6-13-25(14-7-22)34-19-5-3-2-4-18-30/h6-17,20,30-31H,2-5,18-19H2,1H3/b17-8+. The second-order valence-electron chi connectivity index (χ2n) is 8.17. The van der Waals surface area contributed by atoms with E-state index in [1.54, 1.807) is 31.2 Å². The molecule has 0 bridgehead atoms. The third kappa shape index (κ3) is 8.60. The Hall–Kier alpha value is -4.10. The first kappa shape index (κ1) is 26.5. The molecule has 36 heavy (non-hydrogen) atoms. The summed E-state index contributed by atoms with van der Waals surface area (Å²) in [5.74, 6) is 0.404. The lowest BCUT2D eigenvalue weighted by Gasteiger charge is -2.09. The van der Waals surface area contributed by atoms with Crippen molar-refractivity contribution in [2.24, 2.45) is 0 Å². The third-order valence-corrected chi connectivity index (χ3v) is 5.28. The fourth-order valence-corrected chi connectivity index (χ4v) is 3.30. The molecule has 0 aliphatic rings. The second-order valence-corrected chi connectivity index (χ2v) is 8.17. The molecule has 3 aromatic rings. The van der Waals surface area contributed by atoms with E-state index in [0.717, 1.165) is 37.0 Å². The number of carbonyl (C=O) groups is 2. The van der Waals surface area contributed by atoms with Gasteiger partial charge in [-0.1, -0.05) is 18.6 Å². The van der Waals surface area contributed by atoms with Crippen LogP contribution in [0.2, 0.25) is 0 Å². The summed E-state index contributed by atoms with van der Waals surface area (Å²) in [6.07, 6.45) is 6.79. The third-order valence-electron chi connectivity index (χ3n) is 5.28. The van der Waals surface area contributed by atoms with Crippen LogP contribution in [0.1, 0.15) is 47.2 Å². The molecule has 0 aliphatic carbocycles. The number of ether oxygens (including phenoxy) is 3. The van der Waals surface area contributed by atoms with Crippen LogP contribution in [-0.2, 0) is 4.79 Å². The predicted octanol–water partition coefficient (Wildman–Crippen LogP) is 5.47. The lowest BCUT2D eigenvalue weighted by Crippen LogP contribution is -2.09. The number of aliphatic hydroxyl groups is 1. The predicted molar refractivity (Wildman–Crippen MR) is 136 cm³/mol. The molecular formula is C29H30O7. The van der Waals surface area contributed by atoms with E-state index < -0.39 is 11.9 Å². The summed E-state index contributed by atoms with van der Waals surface area (Å²) in [6, 6.07) is 17.9. The van der Waals surface area contributed by atoms with Gasteiger partial charge >= 0.3 is 11.9 Å². The number of phenols is 1. The van der Waals surface area contributed by atoms with Crippen molar-refractivity contribution in [2.45, 2.75) is 32.6 Å². The Labute approximate surface area is 210 Å². The Bertz CT molecular complexity index is 1170. The number of benzene rings is 3. The highest BCUT2D eigenvalue weighted by atomic mass is 16.5. The van der Waals surface area contributed by atoms with Gasteiger partial charge in [0, 0.05) is 12.7 Å². The Morgan fingerprint density at radius 1 is 0.833 bits per heavy atom. The van der Waals surface area contributed by atoms with Crippen molar-refractivity contribution in [3.8, 4) is 23.0 Å². The normalized spacial score (nSPS) is 10.8. The van der Waals surface area contributed by atoms with Crippen LogP contribution in [0.4, 0.5) is 0 Å². The van der Waals surface area contributed by atoms with Crippen molar-refractivity contribution < 1.29 is 34.0 Å². The SMILES string of the molecule is Cc1cc(OC(=O)c2ccc(O)cc2)ccc1OC(=O)/C=C/c1ccc(OCCCCCCO)cc1. The van der Waals surface area contributed by atoms with Gasteiger partial charge in [0.2, 0.25) is 0 Å². The van der Waals surface area contributed by atoms with Gasteiger partial charge in [-0.05, 0) is 98.0 Å². The summed E-state index contributed by atoms with van der Waals surface area (Å²) in [7, 11) is 0. The average molecular weight is 491 g/mol. The Morgan fingerprint density at radius 3 is 2.22 bits per heavy atom. The number of hydrogen-bond acceptors (Lipinski definition) is 7. The lowest BCUT2D eigenvalue weighted by molar-refractivity contribution is -0.128. The quantitative estimate of drug-likeness (QED) is 0.150. The number of aryl methyl sites for hydroxylation is 1. The highest BCUT2D eigenvalue weighted by Crippen LogP contribution is 2.25. The Kier molecular flexibility index (Phi) is 10.1. The molecule has 0 atom stereocenters. The van der Waals surface area contributed by atoms with E-state index in [2.05, 4.69) is 0 Å². The molecule has 7 nitrogen and oxygen atoms in total. The van der Waals surface area contributed by atoms with Crippen LogP contribution in [-0.4, -0.2) is 35.4 Å². The molecule has 0 amide bonds. The number of aliphatic hydroxyl groups excluding tert-OH is 1. The monoisotopic (exact) mass is 490 g/mol. The van der Waals surface area contributed by atoms with Crippen molar-refractivity contribution in [3.63, 3.8) is 0 Å². The summed E-state index contributed by atoms with van der Waals surface area (Å²) in [5, 5.41) is 18.1. The maximum absolute atomic E-state index is 12.3. The molecule has 3 aromatic carbocycles. The molecule has 0 saturated heterocycles. The van der Waals surface area contributed by atoms with Crippen molar-refractivity contribution in [3.05, 3.63) is 89.5 Å². The number of hydrogen-bond donors (Lipinski definition) is 2. The van der Waals surface area contributed by atoms with E-state index in [1.165, 1.54) is 30.3 Å². The van der Waals surface area contributed by atoms with E-state index in [9.17, 15) is 14.7 Å². The molecule has 0 spiro atoms. The Balaban J connectivity index is 1.47. The fraction of sp³-hybridized carbons (Fsp3) is 0.241. The molecule has 2 N–H and O–H groups in total. The minimum atomic E-state index is -0.559. The molecule has 188 valence electrons. The number of unbranched alkanes of at least 4 members (excludes halogenated alkanes) is 3. The molecular weight excluding hydrogens is 460 g/mol. The van der Waals surface area contributed by atoms with Crippen molar-refractivity contribution in [1.82, 2.24) is 0 Å². The van der Waals surface area contributed by atoms with E-state index in [0.29, 0.717) is 29.2 Å². The zero-order valence-electron chi connectivity index (χ0n) is 20.2. The highest BCUT2D eigenvalue weighted by molar-refractivity contribution is 5.91. The van der Waals surface area contributed by atoms with Gasteiger partial charge in [-0.3, -0.25) is 0 Å². The number of phenolic OH excluding ortho intramolecular Hbond substituents is 1. The van der Waals surface area contributed by atoms with Crippen LogP contribution in [0, 0.1) is 6.92 Å². The largest absolute Gasteiger partial charge is 0.508 e. The number of carbonyl (C=O) groups excluding carboxylic acids is 2. The van der Waals surface area contributed by atoms with Gasteiger partial charge in [0.25, 0.3) is 0 Å². The zero-order chi connectivity index (χ0) is 25.8. The van der Waals surface area contributed by atoms with Gasteiger partial charge in [0.15, 0.2) is 0 Å². The summed E-state index contributed by atoms with van der Waals surface area (Å²) in [5.41, 5.74) is 1.76. The maximum Gasteiger partial charge on any atom is 0.343 e. The van der Waals surface area contributed by atoms with Crippen LogP contribution >= 0.6 is 0 Å². The Morgan fingerprint density at radius 2 is 1.53 bits per heavy atom. The summed E-state index contributed by atoms with van der Waals surface area (Å²) in [6.45, 7) is 2.60. The molecule has 0 unspecified atom stereocenters. The van der Waals surface area contributed by atoms with Crippen LogP contribution in [0.25, 0.3) is 6.08 Å². The van der Waals surface area contributed by atoms with Crippen molar-refractivity contribution in [2.75, 3.05) is 13.2 Å². The van der Waals surface area contributed by atoms with E-state index in [1.807, 2.05) is 24.3 Å². The highest BCUT2D eigenvalue weighted by Gasteiger charge is 2.11. The van der Waals surface area contributed by atoms with Gasteiger partial charge in [0.05, 0.1) is 12.2 Å². The summed E-state index contributed by atoms with van der Waals surface area (Å²) in [4.78, 5) is 24.5. The minimum Gasteiger partial charge on any atom is -0.508 e. The zero-order valence-corrected chi connectivity index (χ0v) is 20.2. The minimum absolute atomic E-state index is 0.0609. The molecule has 0 fully saturated rings. The van der Waals surface area contributed by atoms with Gasteiger partial charge in [-0.25, -0.2) is 9.59 Å². The van der Waals surface area contributed by atoms with Gasteiger partial charge in [0.1, 0.15) is 23.0 Å². The molecule has 7 heteroatoms. The van der Waals surface area contributed by atoms with Crippen LogP contribution in [0.15, 0.2) is 72.8 Å². The number of esters is 2. The topological polar surface area (TPSA) is 102 Å². The molecule has 0 aliphatic heterocycles. The number of rotatable bonds is 12. The molecule has 0 heterocycles. The smallest absolute Gasteiger partial charge is 0.343 e.